The van der Waals surface area contributed by atoms with Crippen LogP contribution in [-0.2, 0) is 5.60 Å². The van der Waals surface area contributed by atoms with Crippen LogP contribution < -0.4 is 10.5 Å². The van der Waals surface area contributed by atoms with Crippen LogP contribution in [0.5, 0.6) is 5.75 Å². The smallest absolute Gasteiger partial charge is 0.312 e. The van der Waals surface area contributed by atoms with Gasteiger partial charge in [-0.05, 0) is 38.1 Å². The summed E-state index contributed by atoms with van der Waals surface area (Å²) >= 11 is 0. The highest BCUT2D eigenvalue weighted by atomic mass is 19.1. The predicted octanol–water partition coefficient (Wildman–Crippen LogP) is 2.10. The third kappa shape index (κ3) is 2.52. The highest BCUT2D eigenvalue weighted by Crippen LogP contribution is 2.27. The van der Waals surface area contributed by atoms with Gasteiger partial charge in [0.25, 0.3) is 5.89 Å². The second-order valence-corrected chi connectivity index (χ2v) is 4.01. The quantitative estimate of drug-likeness (QED) is 0.884. The van der Waals surface area contributed by atoms with Gasteiger partial charge >= 0.3 is 6.01 Å². The second-order valence-electron chi connectivity index (χ2n) is 4.01. The molecular formula is C11H12FN3O2. The van der Waals surface area contributed by atoms with Gasteiger partial charge in [0.2, 0.25) is 0 Å². The van der Waals surface area contributed by atoms with Gasteiger partial charge in [0.05, 0.1) is 0 Å². The van der Waals surface area contributed by atoms with Crippen LogP contribution in [0.25, 0.3) is 0 Å². The van der Waals surface area contributed by atoms with E-state index in [2.05, 4.69) is 10.2 Å². The van der Waals surface area contributed by atoms with Crippen molar-refractivity contribution in [1.29, 1.82) is 0 Å². The Bertz CT molecular complexity index is 508. The molecule has 6 heteroatoms. The minimum Gasteiger partial charge on any atom is -0.478 e. The molecule has 2 aromatic rings. The third-order valence-corrected chi connectivity index (χ3v) is 2.14. The van der Waals surface area contributed by atoms with Crippen LogP contribution in [0.3, 0.4) is 0 Å². The molecule has 1 aromatic carbocycles. The minimum atomic E-state index is -0.831. The molecule has 0 radical (unpaired) electrons. The summed E-state index contributed by atoms with van der Waals surface area (Å²) < 4.78 is 23.5. The van der Waals surface area contributed by atoms with Crippen LogP contribution >= 0.6 is 0 Å². The fourth-order valence-electron chi connectivity index (χ4n) is 1.32. The summed E-state index contributed by atoms with van der Waals surface area (Å²) in [6, 6.07) is 5.66. The van der Waals surface area contributed by atoms with Gasteiger partial charge in [-0.3, -0.25) is 0 Å². The van der Waals surface area contributed by atoms with Crippen molar-refractivity contribution in [2.45, 2.75) is 19.4 Å². The molecule has 17 heavy (non-hydrogen) atoms. The lowest BCUT2D eigenvalue weighted by molar-refractivity contribution is 0.0771. The van der Waals surface area contributed by atoms with Crippen molar-refractivity contribution in [1.82, 2.24) is 10.2 Å². The van der Waals surface area contributed by atoms with Crippen molar-refractivity contribution in [3.8, 4) is 5.75 Å². The first-order chi connectivity index (χ1) is 7.97. The number of nitrogens with zero attached hydrogens (tertiary/aromatic N) is 2. The number of benzene rings is 1. The molecule has 0 aliphatic heterocycles. The summed E-state index contributed by atoms with van der Waals surface area (Å²) in [4.78, 5) is 0. The normalized spacial score (nSPS) is 11.5. The van der Waals surface area contributed by atoms with Gasteiger partial charge < -0.3 is 14.9 Å². The standard InChI is InChI=1S/C11H12FN3O2/c1-11(2,9-14-15-10(13)16-9)17-8-5-3-7(12)4-6-8/h3-6H,1-2H3,(H2,13,15). The van der Waals surface area contributed by atoms with Crippen LogP contribution in [0.2, 0.25) is 0 Å². The Hall–Kier alpha value is -2.11. The number of aromatic nitrogens is 2. The molecule has 90 valence electrons. The van der Waals surface area contributed by atoms with E-state index in [4.69, 9.17) is 14.9 Å². The number of anilines is 1. The van der Waals surface area contributed by atoms with Crippen LogP contribution in [0.1, 0.15) is 19.7 Å². The van der Waals surface area contributed by atoms with Crippen molar-refractivity contribution < 1.29 is 13.5 Å². The molecular weight excluding hydrogens is 225 g/mol. The molecule has 5 nitrogen and oxygen atoms in total. The lowest BCUT2D eigenvalue weighted by atomic mass is 10.1. The fourth-order valence-corrected chi connectivity index (χ4v) is 1.32. The van der Waals surface area contributed by atoms with E-state index in [1.165, 1.54) is 24.3 Å². The molecule has 1 heterocycles. The number of nitrogen functional groups attached to an aromatic ring is 1. The highest BCUT2D eigenvalue weighted by molar-refractivity contribution is 5.23. The van der Waals surface area contributed by atoms with Crippen molar-refractivity contribution in [3.05, 3.63) is 36.0 Å². The van der Waals surface area contributed by atoms with Crippen molar-refractivity contribution >= 4 is 6.01 Å². The molecule has 0 amide bonds. The molecule has 0 atom stereocenters. The van der Waals surface area contributed by atoms with E-state index in [9.17, 15) is 4.39 Å². The van der Waals surface area contributed by atoms with Gasteiger partial charge in [0.1, 0.15) is 11.6 Å². The maximum absolute atomic E-state index is 12.7. The van der Waals surface area contributed by atoms with E-state index in [1.807, 2.05) is 0 Å². The molecule has 0 fully saturated rings. The summed E-state index contributed by atoms with van der Waals surface area (Å²) in [5.41, 5.74) is 4.51. The van der Waals surface area contributed by atoms with Gasteiger partial charge in [-0.1, -0.05) is 5.10 Å². The zero-order valence-corrected chi connectivity index (χ0v) is 9.48. The van der Waals surface area contributed by atoms with Crippen LogP contribution in [0.15, 0.2) is 28.7 Å². The van der Waals surface area contributed by atoms with Crippen LogP contribution in [0.4, 0.5) is 10.4 Å². The van der Waals surface area contributed by atoms with E-state index < -0.39 is 5.60 Å². The van der Waals surface area contributed by atoms with Gasteiger partial charge in [-0.25, -0.2) is 4.39 Å². The topological polar surface area (TPSA) is 74.2 Å². The molecule has 0 aliphatic carbocycles. The fraction of sp³-hybridized carbons (Fsp3) is 0.273. The summed E-state index contributed by atoms with van der Waals surface area (Å²) in [6.45, 7) is 3.51. The van der Waals surface area contributed by atoms with Crippen LogP contribution in [-0.4, -0.2) is 10.2 Å². The van der Waals surface area contributed by atoms with Gasteiger partial charge in [-0.15, -0.1) is 5.10 Å². The molecule has 2 rings (SSSR count). The molecule has 0 saturated carbocycles. The average molecular weight is 237 g/mol. The first-order valence-electron chi connectivity index (χ1n) is 5.01. The Balaban J connectivity index is 2.19. The molecule has 1 aromatic heterocycles. The lowest BCUT2D eigenvalue weighted by Gasteiger charge is -2.22. The lowest BCUT2D eigenvalue weighted by Crippen LogP contribution is -2.25. The van der Waals surface area contributed by atoms with Gasteiger partial charge in [-0.2, -0.15) is 0 Å². The number of hydrogen-bond donors (Lipinski definition) is 1. The van der Waals surface area contributed by atoms with E-state index in [0.29, 0.717) is 5.75 Å². The summed E-state index contributed by atoms with van der Waals surface area (Å²) in [6.07, 6.45) is 0. The van der Waals surface area contributed by atoms with E-state index >= 15 is 0 Å². The van der Waals surface area contributed by atoms with E-state index in [0.717, 1.165) is 0 Å². The molecule has 0 aliphatic rings. The van der Waals surface area contributed by atoms with E-state index in [1.54, 1.807) is 13.8 Å². The minimum absolute atomic E-state index is 0.0178. The monoisotopic (exact) mass is 237 g/mol. The van der Waals surface area contributed by atoms with Crippen molar-refractivity contribution in [3.63, 3.8) is 0 Å². The molecule has 0 bridgehead atoms. The Kier molecular flexibility index (Phi) is 2.71. The summed E-state index contributed by atoms with van der Waals surface area (Å²) in [7, 11) is 0. The molecule has 2 N–H and O–H groups in total. The zero-order chi connectivity index (χ0) is 12.5. The van der Waals surface area contributed by atoms with Gasteiger partial charge in [0, 0.05) is 0 Å². The van der Waals surface area contributed by atoms with Crippen molar-refractivity contribution in [2.24, 2.45) is 0 Å². The maximum atomic E-state index is 12.7. The Labute approximate surface area is 97.4 Å². The SMILES string of the molecule is CC(C)(Oc1ccc(F)cc1)c1nnc(N)o1. The third-order valence-electron chi connectivity index (χ3n) is 2.14. The summed E-state index contributed by atoms with van der Waals surface area (Å²) in [5.74, 6) is 0.449. The Morgan fingerprint density at radius 1 is 1.24 bits per heavy atom. The maximum Gasteiger partial charge on any atom is 0.312 e. The number of hydrogen-bond acceptors (Lipinski definition) is 5. The van der Waals surface area contributed by atoms with Crippen LogP contribution in [0, 0.1) is 5.82 Å². The number of nitrogens with two attached hydrogens (primary N) is 1. The predicted molar refractivity (Wildman–Crippen MR) is 58.8 cm³/mol. The molecule has 0 unspecified atom stereocenters. The zero-order valence-electron chi connectivity index (χ0n) is 9.48. The second kappa shape index (κ2) is 4.04. The molecule has 0 saturated heterocycles. The first kappa shape index (κ1) is 11.4. The van der Waals surface area contributed by atoms with Crippen molar-refractivity contribution in [2.75, 3.05) is 5.73 Å². The number of ether oxygens (including phenoxy) is 1. The highest BCUT2D eigenvalue weighted by Gasteiger charge is 2.29. The Morgan fingerprint density at radius 2 is 1.88 bits per heavy atom. The molecule has 0 spiro atoms. The average Bonchev–Trinajstić information content (AvgIpc) is 2.69. The first-order valence-corrected chi connectivity index (χ1v) is 5.01. The van der Waals surface area contributed by atoms with E-state index in [-0.39, 0.29) is 17.7 Å². The van der Waals surface area contributed by atoms with Gasteiger partial charge in [0.15, 0.2) is 5.60 Å². The number of halogens is 1. The number of rotatable bonds is 3. The summed E-state index contributed by atoms with van der Waals surface area (Å²) in [5, 5.41) is 7.32. The largest absolute Gasteiger partial charge is 0.478 e. The Morgan fingerprint density at radius 3 is 2.41 bits per heavy atom.